The van der Waals surface area contributed by atoms with Crippen LogP contribution in [0.3, 0.4) is 0 Å². The first-order chi connectivity index (χ1) is 5.11. The maximum atomic E-state index is 10.2. The second-order valence-corrected chi connectivity index (χ2v) is 2.37. The average Bonchev–Trinajstić information content (AvgIpc) is 1.94. The van der Waals surface area contributed by atoms with E-state index >= 15 is 0 Å². The highest BCUT2D eigenvalue weighted by Crippen LogP contribution is 2.12. The van der Waals surface area contributed by atoms with Gasteiger partial charge in [0.15, 0.2) is 0 Å². The highest BCUT2D eigenvalue weighted by atomic mass is 16.6. The van der Waals surface area contributed by atoms with Crippen LogP contribution < -0.4 is 11.5 Å². The van der Waals surface area contributed by atoms with Crippen LogP contribution in [0.1, 0.15) is 6.42 Å². The van der Waals surface area contributed by atoms with Crippen molar-refractivity contribution in [2.45, 2.75) is 12.5 Å². The Morgan fingerprint density at radius 1 is 1.55 bits per heavy atom. The third-order valence-electron chi connectivity index (χ3n) is 1.56. The predicted molar refractivity (Wildman–Crippen MR) is 39.9 cm³/mol. The fourth-order valence-corrected chi connectivity index (χ4v) is 0.884. The molecule has 0 aromatic carbocycles. The third kappa shape index (κ3) is 1.49. The van der Waals surface area contributed by atoms with E-state index in [4.69, 9.17) is 11.5 Å². The molecule has 0 aliphatic heterocycles. The van der Waals surface area contributed by atoms with E-state index in [-0.39, 0.29) is 4.92 Å². The average molecular weight is 155 g/mol. The van der Waals surface area contributed by atoms with Gasteiger partial charge in [-0.25, -0.2) is 0 Å². The van der Waals surface area contributed by atoms with E-state index in [0.29, 0.717) is 17.8 Å². The van der Waals surface area contributed by atoms with Gasteiger partial charge in [-0.15, -0.1) is 0 Å². The number of rotatable bonds is 1. The second-order valence-electron chi connectivity index (χ2n) is 2.37. The van der Waals surface area contributed by atoms with Crippen LogP contribution in [-0.2, 0) is 0 Å². The lowest BCUT2D eigenvalue weighted by Crippen LogP contribution is -2.24. The zero-order valence-electron chi connectivity index (χ0n) is 5.86. The van der Waals surface area contributed by atoms with Crippen LogP contribution >= 0.6 is 0 Å². The van der Waals surface area contributed by atoms with Gasteiger partial charge in [0.1, 0.15) is 0 Å². The molecule has 1 rings (SSSR count). The summed E-state index contributed by atoms with van der Waals surface area (Å²) < 4.78 is 0. The molecule has 1 aliphatic rings. The molecule has 0 fully saturated rings. The first-order valence-corrected chi connectivity index (χ1v) is 3.18. The fourth-order valence-electron chi connectivity index (χ4n) is 0.884. The number of hydrogen-bond donors (Lipinski definition) is 2. The Labute approximate surface area is 63.5 Å². The highest BCUT2D eigenvalue weighted by Gasteiger charge is 2.20. The van der Waals surface area contributed by atoms with Crippen molar-refractivity contribution in [2.75, 3.05) is 0 Å². The normalized spacial score (nSPS) is 23.8. The summed E-state index contributed by atoms with van der Waals surface area (Å²) in [6.07, 6.45) is 3.28. The summed E-state index contributed by atoms with van der Waals surface area (Å²) in [5.74, 6) is 0. The summed E-state index contributed by atoms with van der Waals surface area (Å²) in [5.41, 5.74) is 11.5. The number of nitrogens with two attached hydrogens (primary N) is 2. The Morgan fingerprint density at radius 3 is 2.64 bits per heavy atom. The summed E-state index contributed by atoms with van der Waals surface area (Å²) in [4.78, 5) is 9.86. The molecule has 0 aromatic heterocycles. The molecule has 60 valence electrons. The van der Waals surface area contributed by atoms with Gasteiger partial charge in [-0.1, -0.05) is 6.08 Å². The van der Waals surface area contributed by atoms with Gasteiger partial charge in [-0.2, -0.15) is 0 Å². The summed E-state index contributed by atoms with van der Waals surface area (Å²) in [6.45, 7) is 0. The molecule has 5 heteroatoms. The molecule has 1 atom stereocenters. The molecule has 0 saturated carbocycles. The Kier molecular flexibility index (Phi) is 1.80. The minimum absolute atomic E-state index is 0.304. The van der Waals surface area contributed by atoms with Gasteiger partial charge < -0.3 is 11.5 Å². The lowest BCUT2D eigenvalue weighted by Gasteiger charge is -2.10. The summed E-state index contributed by atoms with van der Waals surface area (Å²) in [5, 5.41) is 10.2. The maximum Gasteiger partial charge on any atom is 0.237 e. The summed E-state index contributed by atoms with van der Waals surface area (Å²) >= 11 is 0. The minimum atomic E-state index is -0.706. The molecule has 4 N–H and O–H groups in total. The van der Waals surface area contributed by atoms with Crippen molar-refractivity contribution in [3.8, 4) is 0 Å². The molecule has 0 amide bonds. The first-order valence-electron chi connectivity index (χ1n) is 3.18. The van der Waals surface area contributed by atoms with Crippen molar-refractivity contribution < 1.29 is 4.92 Å². The van der Waals surface area contributed by atoms with E-state index in [1.165, 1.54) is 6.08 Å². The van der Waals surface area contributed by atoms with Gasteiger partial charge in [0, 0.05) is 17.4 Å². The lowest BCUT2D eigenvalue weighted by atomic mass is 10.1. The predicted octanol–water partition coefficient (Wildman–Crippen LogP) is -0.279. The lowest BCUT2D eigenvalue weighted by molar-refractivity contribution is -0.508. The standard InChI is InChI=1S/C6H9N3O2/c7-5-2-1-4(9(10)11)3-6(5)8/h2-4H,1,7-8H2. The minimum Gasteiger partial charge on any atom is -0.397 e. The summed E-state index contributed by atoms with van der Waals surface area (Å²) in [6, 6.07) is -0.706. The van der Waals surface area contributed by atoms with E-state index in [9.17, 15) is 10.1 Å². The Bertz CT molecular complexity index is 244. The van der Waals surface area contributed by atoms with Crippen LogP contribution in [-0.4, -0.2) is 11.0 Å². The van der Waals surface area contributed by atoms with Gasteiger partial charge in [0.05, 0.1) is 11.4 Å². The molecular weight excluding hydrogens is 146 g/mol. The summed E-state index contributed by atoms with van der Waals surface area (Å²) in [7, 11) is 0. The molecule has 1 unspecified atom stereocenters. The van der Waals surface area contributed by atoms with Gasteiger partial charge in [0.25, 0.3) is 0 Å². The van der Waals surface area contributed by atoms with Crippen LogP contribution in [0, 0.1) is 10.1 Å². The molecule has 0 spiro atoms. The van der Waals surface area contributed by atoms with E-state index in [2.05, 4.69) is 0 Å². The Balaban J connectivity index is 2.77. The van der Waals surface area contributed by atoms with E-state index < -0.39 is 6.04 Å². The van der Waals surface area contributed by atoms with Gasteiger partial charge in [-0.3, -0.25) is 10.1 Å². The topological polar surface area (TPSA) is 95.2 Å². The van der Waals surface area contributed by atoms with Gasteiger partial charge >= 0.3 is 0 Å². The monoisotopic (exact) mass is 155 g/mol. The van der Waals surface area contributed by atoms with Crippen molar-refractivity contribution >= 4 is 0 Å². The van der Waals surface area contributed by atoms with Gasteiger partial charge in [0.2, 0.25) is 6.04 Å². The van der Waals surface area contributed by atoms with Crippen LogP contribution in [0.2, 0.25) is 0 Å². The smallest absolute Gasteiger partial charge is 0.237 e. The van der Waals surface area contributed by atoms with E-state index in [1.54, 1.807) is 6.08 Å². The molecule has 0 bridgehead atoms. The SMILES string of the molecule is NC1=CCC([N+](=O)[O-])C=C1N. The molecule has 0 aromatic rings. The molecule has 1 aliphatic carbocycles. The van der Waals surface area contributed by atoms with Crippen molar-refractivity contribution in [3.05, 3.63) is 33.7 Å². The van der Waals surface area contributed by atoms with Crippen molar-refractivity contribution in [1.82, 2.24) is 0 Å². The molecule has 0 saturated heterocycles. The number of nitrogens with zero attached hydrogens (tertiary/aromatic N) is 1. The molecule has 5 nitrogen and oxygen atoms in total. The maximum absolute atomic E-state index is 10.2. The molecule has 0 radical (unpaired) electrons. The van der Waals surface area contributed by atoms with Crippen LogP contribution in [0.4, 0.5) is 0 Å². The van der Waals surface area contributed by atoms with Crippen LogP contribution in [0.5, 0.6) is 0 Å². The zero-order valence-corrected chi connectivity index (χ0v) is 5.86. The Morgan fingerprint density at radius 2 is 2.18 bits per heavy atom. The molecular formula is C6H9N3O2. The van der Waals surface area contributed by atoms with Gasteiger partial charge in [-0.05, 0) is 0 Å². The number of hydrogen-bond acceptors (Lipinski definition) is 4. The highest BCUT2D eigenvalue weighted by molar-refractivity contribution is 5.29. The van der Waals surface area contributed by atoms with Crippen molar-refractivity contribution in [3.63, 3.8) is 0 Å². The molecule has 11 heavy (non-hydrogen) atoms. The zero-order chi connectivity index (χ0) is 8.43. The first kappa shape index (κ1) is 7.59. The molecule has 0 heterocycles. The third-order valence-corrected chi connectivity index (χ3v) is 1.56. The van der Waals surface area contributed by atoms with Crippen molar-refractivity contribution in [2.24, 2.45) is 11.5 Å². The number of nitro groups is 1. The van der Waals surface area contributed by atoms with E-state index in [0.717, 1.165) is 0 Å². The largest absolute Gasteiger partial charge is 0.397 e. The Hall–Kier alpha value is -1.52. The van der Waals surface area contributed by atoms with Crippen LogP contribution in [0.15, 0.2) is 23.5 Å². The van der Waals surface area contributed by atoms with Crippen molar-refractivity contribution in [1.29, 1.82) is 0 Å². The van der Waals surface area contributed by atoms with E-state index in [1.807, 2.05) is 0 Å². The van der Waals surface area contributed by atoms with Crippen LogP contribution in [0.25, 0.3) is 0 Å². The fraction of sp³-hybridized carbons (Fsp3) is 0.333. The quantitative estimate of drug-likeness (QED) is 0.402. The second kappa shape index (κ2) is 2.61.